The molecule has 2 aromatic rings. The van der Waals surface area contributed by atoms with E-state index in [0.29, 0.717) is 16.7 Å². The van der Waals surface area contributed by atoms with E-state index < -0.39 is 5.82 Å². The molecule has 0 saturated carbocycles. The van der Waals surface area contributed by atoms with Crippen molar-refractivity contribution in [3.63, 3.8) is 0 Å². The Balaban J connectivity index is 2.59. The van der Waals surface area contributed by atoms with Crippen LogP contribution in [0.2, 0.25) is 0 Å². The number of aliphatic hydroxyl groups excluding tert-OH is 1. The summed E-state index contributed by atoms with van der Waals surface area (Å²) in [5, 5.41) is 9.00. The van der Waals surface area contributed by atoms with Crippen molar-refractivity contribution in [1.29, 1.82) is 0 Å². The summed E-state index contributed by atoms with van der Waals surface area (Å²) in [7, 11) is 0. The van der Waals surface area contributed by atoms with Gasteiger partial charge in [-0.3, -0.25) is 0 Å². The SMILES string of the molecule is Cc1cc(-c2ccccc2F)cc(F)c1CO. The molecule has 0 heterocycles. The molecule has 0 radical (unpaired) electrons. The Morgan fingerprint density at radius 2 is 1.76 bits per heavy atom. The van der Waals surface area contributed by atoms with Crippen LogP contribution in [0.4, 0.5) is 8.78 Å². The van der Waals surface area contributed by atoms with Crippen molar-refractivity contribution < 1.29 is 13.9 Å². The van der Waals surface area contributed by atoms with E-state index in [2.05, 4.69) is 0 Å². The zero-order valence-corrected chi connectivity index (χ0v) is 9.37. The monoisotopic (exact) mass is 234 g/mol. The van der Waals surface area contributed by atoms with E-state index in [1.54, 1.807) is 31.2 Å². The third kappa shape index (κ3) is 2.19. The molecule has 1 nitrogen and oxygen atoms in total. The molecule has 0 fully saturated rings. The predicted molar refractivity (Wildman–Crippen MR) is 62.5 cm³/mol. The summed E-state index contributed by atoms with van der Waals surface area (Å²) in [5.41, 5.74) is 1.71. The molecule has 0 aliphatic rings. The minimum absolute atomic E-state index is 0.255. The van der Waals surface area contributed by atoms with E-state index in [-0.39, 0.29) is 18.0 Å². The van der Waals surface area contributed by atoms with Crippen LogP contribution in [0, 0.1) is 18.6 Å². The molecular formula is C14H12F2O. The van der Waals surface area contributed by atoms with Crippen molar-refractivity contribution in [3.8, 4) is 11.1 Å². The van der Waals surface area contributed by atoms with Crippen LogP contribution in [0.3, 0.4) is 0 Å². The molecule has 0 aliphatic heterocycles. The maximum atomic E-state index is 13.6. The van der Waals surface area contributed by atoms with Gasteiger partial charge in [-0.15, -0.1) is 0 Å². The highest BCUT2D eigenvalue weighted by Crippen LogP contribution is 2.26. The molecule has 0 amide bonds. The average molecular weight is 234 g/mol. The van der Waals surface area contributed by atoms with Gasteiger partial charge in [0.1, 0.15) is 11.6 Å². The van der Waals surface area contributed by atoms with Gasteiger partial charge in [-0.2, -0.15) is 0 Å². The normalized spacial score (nSPS) is 10.6. The lowest BCUT2D eigenvalue weighted by atomic mass is 9.99. The predicted octanol–water partition coefficient (Wildman–Crippen LogP) is 3.43. The number of hydrogen-bond acceptors (Lipinski definition) is 1. The molecule has 1 N–H and O–H groups in total. The minimum atomic E-state index is -0.509. The molecular weight excluding hydrogens is 222 g/mol. The molecule has 3 heteroatoms. The largest absolute Gasteiger partial charge is 0.392 e. The van der Waals surface area contributed by atoms with Gasteiger partial charge in [-0.05, 0) is 30.2 Å². The fourth-order valence-electron chi connectivity index (χ4n) is 1.83. The lowest BCUT2D eigenvalue weighted by Gasteiger charge is -2.09. The van der Waals surface area contributed by atoms with Gasteiger partial charge in [0.15, 0.2) is 0 Å². The van der Waals surface area contributed by atoms with Gasteiger partial charge >= 0.3 is 0 Å². The first kappa shape index (κ1) is 11.7. The Kier molecular flexibility index (Phi) is 3.20. The second-order valence-electron chi connectivity index (χ2n) is 3.89. The Morgan fingerprint density at radius 1 is 1.06 bits per heavy atom. The minimum Gasteiger partial charge on any atom is -0.392 e. The van der Waals surface area contributed by atoms with E-state index in [1.807, 2.05) is 0 Å². The van der Waals surface area contributed by atoms with Crippen LogP contribution < -0.4 is 0 Å². The number of benzene rings is 2. The van der Waals surface area contributed by atoms with E-state index in [1.165, 1.54) is 12.1 Å². The van der Waals surface area contributed by atoms with Crippen molar-refractivity contribution in [3.05, 3.63) is 59.2 Å². The number of halogens is 2. The van der Waals surface area contributed by atoms with E-state index in [0.717, 1.165) is 0 Å². The molecule has 0 saturated heterocycles. The average Bonchev–Trinajstić information content (AvgIpc) is 2.29. The molecule has 0 bridgehead atoms. The maximum absolute atomic E-state index is 13.6. The van der Waals surface area contributed by atoms with Crippen LogP contribution >= 0.6 is 0 Å². The summed E-state index contributed by atoms with van der Waals surface area (Å²) in [5.74, 6) is -0.895. The van der Waals surface area contributed by atoms with Crippen molar-refractivity contribution >= 4 is 0 Å². The fourth-order valence-corrected chi connectivity index (χ4v) is 1.83. The van der Waals surface area contributed by atoms with Gasteiger partial charge in [0.2, 0.25) is 0 Å². The van der Waals surface area contributed by atoms with E-state index >= 15 is 0 Å². The molecule has 88 valence electrons. The Hall–Kier alpha value is -1.74. The third-order valence-electron chi connectivity index (χ3n) is 2.76. The number of hydrogen-bond donors (Lipinski definition) is 1. The highest BCUT2D eigenvalue weighted by atomic mass is 19.1. The highest BCUT2D eigenvalue weighted by Gasteiger charge is 2.10. The second-order valence-corrected chi connectivity index (χ2v) is 3.89. The summed E-state index contributed by atoms with van der Waals surface area (Å²) in [6.07, 6.45) is 0. The Labute approximate surface area is 98.3 Å². The standard InChI is InChI=1S/C14H12F2O/c1-9-6-10(7-14(16)12(9)8-17)11-4-2-3-5-13(11)15/h2-7,17H,8H2,1H3. The van der Waals surface area contributed by atoms with Crippen molar-refractivity contribution in [1.82, 2.24) is 0 Å². The summed E-state index contributed by atoms with van der Waals surface area (Å²) in [6.45, 7) is 1.34. The van der Waals surface area contributed by atoms with E-state index in [9.17, 15) is 8.78 Å². The lowest BCUT2D eigenvalue weighted by molar-refractivity contribution is 0.275. The van der Waals surface area contributed by atoms with Crippen LogP contribution in [-0.4, -0.2) is 5.11 Å². The molecule has 0 spiro atoms. The molecule has 0 aromatic heterocycles. The molecule has 0 unspecified atom stereocenters. The molecule has 2 aromatic carbocycles. The van der Waals surface area contributed by atoms with Crippen LogP contribution in [0.25, 0.3) is 11.1 Å². The summed E-state index contributed by atoms with van der Waals surface area (Å²) < 4.78 is 27.2. The second kappa shape index (κ2) is 4.63. The molecule has 17 heavy (non-hydrogen) atoms. The fraction of sp³-hybridized carbons (Fsp3) is 0.143. The first-order chi connectivity index (χ1) is 8.13. The quantitative estimate of drug-likeness (QED) is 0.844. The molecule has 0 aliphatic carbocycles. The maximum Gasteiger partial charge on any atom is 0.131 e. The molecule has 0 atom stereocenters. The van der Waals surface area contributed by atoms with Gasteiger partial charge in [0.25, 0.3) is 0 Å². The Morgan fingerprint density at radius 3 is 2.35 bits per heavy atom. The van der Waals surface area contributed by atoms with Gasteiger partial charge in [0, 0.05) is 11.1 Å². The van der Waals surface area contributed by atoms with Crippen LogP contribution in [0.15, 0.2) is 36.4 Å². The van der Waals surface area contributed by atoms with Crippen LogP contribution in [-0.2, 0) is 6.61 Å². The van der Waals surface area contributed by atoms with Gasteiger partial charge in [-0.25, -0.2) is 8.78 Å². The Bertz CT molecular complexity index is 527. The van der Waals surface area contributed by atoms with Gasteiger partial charge in [0.05, 0.1) is 6.61 Å². The van der Waals surface area contributed by atoms with Gasteiger partial charge < -0.3 is 5.11 Å². The smallest absolute Gasteiger partial charge is 0.131 e. The van der Waals surface area contributed by atoms with Gasteiger partial charge in [-0.1, -0.05) is 24.3 Å². The number of rotatable bonds is 2. The number of aliphatic hydroxyl groups is 1. The van der Waals surface area contributed by atoms with Crippen molar-refractivity contribution in [2.75, 3.05) is 0 Å². The van der Waals surface area contributed by atoms with Crippen LogP contribution in [0.1, 0.15) is 11.1 Å². The zero-order valence-electron chi connectivity index (χ0n) is 9.37. The van der Waals surface area contributed by atoms with E-state index in [4.69, 9.17) is 5.11 Å². The lowest BCUT2D eigenvalue weighted by Crippen LogP contribution is -1.96. The highest BCUT2D eigenvalue weighted by molar-refractivity contribution is 5.65. The summed E-state index contributed by atoms with van der Waals surface area (Å²) >= 11 is 0. The summed E-state index contributed by atoms with van der Waals surface area (Å²) in [6, 6.07) is 9.14. The topological polar surface area (TPSA) is 20.2 Å². The first-order valence-electron chi connectivity index (χ1n) is 5.28. The zero-order chi connectivity index (χ0) is 12.4. The van der Waals surface area contributed by atoms with Crippen LogP contribution in [0.5, 0.6) is 0 Å². The molecule has 2 rings (SSSR count). The van der Waals surface area contributed by atoms with Crippen molar-refractivity contribution in [2.45, 2.75) is 13.5 Å². The summed E-state index contributed by atoms with van der Waals surface area (Å²) in [4.78, 5) is 0. The number of aryl methyl sites for hydroxylation is 1. The third-order valence-corrected chi connectivity index (χ3v) is 2.76. The van der Waals surface area contributed by atoms with Crippen molar-refractivity contribution in [2.24, 2.45) is 0 Å². The first-order valence-corrected chi connectivity index (χ1v) is 5.28.